The van der Waals surface area contributed by atoms with Gasteiger partial charge in [0.25, 0.3) is 0 Å². The van der Waals surface area contributed by atoms with Gasteiger partial charge in [0.1, 0.15) is 0 Å². The van der Waals surface area contributed by atoms with E-state index in [0.29, 0.717) is 0 Å². The molecule has 0 spiro atoms. The molecule has 0 aromatic heterocycles. The van der Waals surface area contributed by atoms with Crippen LogP contribution in [0.5, 0.6) is 0 Å². The number of nitrogens with one attached hydrogen (secondary N) is 1. The van der Waals surface area contributed by atoms with Crippen LogP contribution in [0.25, 0.3) is 0 Å². The summed E-state index contributed by atoms with van der Waals surface area (Å²) in [6.07, 6.45) is 0. The molecule has 1 aromatic carbocycles. The van der Waals surface area contributed by atoms with Crippen molar-refractivity contribution in [2.45, 2.75) is 20.8 Å². The van der Waals surface area contributed by atoms with Gasteiger partial charge >= 0.3 is 5.97 Å². The third kappa shape index (κ3) is 15.4. The molecule has 0 heterocycles. The first-order chi connectivity index (χ1) is 7.16. The van der Waals surface area contributed by atoms with Gasteiger partial charge in [-0.2, -0.15) is 0 Å². The Morgan fingerprint density at radius 3 is 1.87 bits per heavy atom. The summed E-state index contributed by atoms with van der Waals surface area (Å²) in [6, 6.07) is 10.3. The van der Waals surface area contributed by atoms with Crippen molar-refractivity contribution >= 4 is 5.97 Å². The quantitative estimate of drug-likeness (QED) is 0.789. The Balaban J connectivity index is 0. The first-order valence-corrected chi connectivity index (χ1v) is 5.05. The molecule has 3 nitrogen and oxygen atoms in total. The maximum atomic E-state index is 9.54. The lowest BCUT2D eigenvalue weighted by Crippen LogP contribution is -2.16. The van der Waals surface area contributed by atoms with Crippen LogP contribution in [0.1, 0.15) is 19.4 Å². The smallest absolute Gasteiger partial charge is 0.317 e. The first kappa shape index (κ1) is 16.1. The summed E-state index contributed by atoms with van der Waals surface area (Å²) in [7, 11) is 1.59. The van der Waals surface area contributed by atoms with Crippen molar-refractivity contribution in [3.05, 3.63) is 35.9 Å². The highest BCUT2D eigenvalue weighted by Crippen LogP contribution is 1.92. The molecule has 0 saturated heterocycles. The van der Waals surface area contributed by atoms with Crippen LogP contribution < -0.4 is 5.32 Å². The fourth-order valence-electron chi connectivity index (χ4n) is 0.686. The van der Waals surface area contributed by atoms with Crippen LogP contribution in [0.4, 0.5) is 0 Å². The molecule has 2 N–H and O–H groups in total. The number of hydrogen-bond acceptors (Lipinski definition) is 2. The highest BCUT2D eigenvalue weighted by atomic mass is 16.4. The normalized spacial score (nSPS) is 7.73. The highest BCUT2D eigenvalue weighted by Gasteiger charge is 1.86. The molecule has 15 heavy (non-hydrogen) atoms. The van der Waals surface area contributed by atoms with E-state index in [1.807, 2.05) is 32.0 Å². The molecule has 0 fully saturated rings. The summed E-state index contributed by atoms with van der Waals surface area (Å²) >= 11 is 0. The van der Waals surface area contributed by atoms with Crippen molar-refractivity contribution in [3.8, 4) is 0 Å². The molecule has 1 rings (SSSR count). The number of aliphatic carboxylic acids is 1. The lowest BCUT2D eigenvalue weighted by molar-refractivity contribution is -0.135. The van der Waals surface area contributed by atoms with Gasteiger partial charge in [-0.05, 0) is 14.0 Å². The number of aryl methyl sites for hydroxylation is 1. The highest BCUT2D eigenvalue weighted by molar-refractivity contribution is 5.68. The van der Waals surface area contributed by atoms with E-state index < -0.39 is 5.97 Å². The number of carbonyl (C=O) groups is 1. The minimum absolute atomic E-state index is 0.0417. The fourth-order valence-corrected chi connectivity index (χ4v) is 0.686. The van der Waals surface area contributed by atoms with Gasteiger partial charge in [-0.1, -0.05) is 49.7 Å². The number of carboxylic acid groups (broad SMARTS) is 1. The van der Waals surface area contributed by atoms with Gasteiger partial charge in [-0.3, -0.25) is 4.79 Å². The number of benzene rings is 1. The van der Waals surface area contributed by atoms with E-state index in [4.69, 9.17) is 5.11 Å². The minimum Gasteiger partial charge on any atom is -0.480 e. The standard InChI is InChI=1S/C7H8.C3H7NO2.C2H6/c1-7-5-3-2-4-6-7;1-4-2-3(5)6;1-2/h2-6H,1H3;4H,2H2,1H3,(H,5,6);1-2H3. The maximum Gasteiger partial charge on any atom is 0.317 e. The van der Waals surface area contributed by atoms with E-state index in [9.17, 15) is 4.79 Å². The van der Waals surface area contributed by atoms with Gasteiger partial charge in [-0.25, -0.2) is 0 Å². The van der Waals surface area contributed by atoms with Crippen LogP contribution in [0.15, 0.2) is 30.3 Å². The van der Waals surface area contributed by atoms with E-state index in [1.54, 1.807) is 7.05 Å². The molecule has 0 aliphatic heterocycles. The molecule has 0 bridgehead atoms. The first-order valence-electron chi connectivity index (χ1n) is 5.05. The van der Waals surface area contributed by atoms with Gasteiger partial charge in [0, 0.05) is 0 Å². The van der Waals surface area contributed by atoms with Crippen molar-refractivity contribution in [3.63, 3.8) is 0 Å². The van der Waals surface area contributed by atoms with Gasteiger partial charge in [0.05, 0.1) is 6.54 Å². The Morgan fingerprint density at radius 1 is 1.27 bits per heavy atom. The van der Waals surface area contributed by atoms with Crippen molar-refractivity contribution in [1.82, 2.24) is 5.32 Å². The second kappa shape index (κ2) is 12.7. The molecule has 3 heteroatoms. The Hall–Kier alpha value is -1.35. The van der Waals surface area contributed by atoms with E-state index in [1.165, 1.54) is 5.56 Å². The number of rotatable bonds is 2. The van der Waals surface area contributed by atoms with Crippen molar-refractivity contribution in [1.29, 1.82) is 0 Å². The summed E-state index contributed by atoms with van der Waals surface area (Å²) in [5.41, 5.74) is 1.32. The average Bonchev–Trinajstić information content (AvgIpc) is 2.22. The molecule has 0 amide bonds. The zero-order valence-corrected chi connectivity index (χ0v) is 9.95. The van der Waals surface area contributed by atoms with E-state index in [2.05, 4.69) is 24.4 Å². The molecule has 0 radical (unpaired) electrons. The molecule has 0 saturated carbocycles. The lowest BCUT2D eigenvalue weighted by atomic mass is 10.2. The van der Waals surface area contributed by atoms with Gasteiger partial charge in [-0.15, -0.1) is 0 Å². The summed E-state index contributed by atoms with van der Waals surface area (Å²) in [5.74, 6) is -0.822. The fraction of sp³-hybridized carbons (Fsp3) is 0.417. The van der Waals surface area contributed by atoms with Gasteiger partial charge in [0.2, 0.25) is 0 Å². The van der Waals surface area contributed by atoms with Crippen molar-refractivity contribution in [2.24, 2.45) is 0 Å². The zero-order valence-electron chi connectivity index (χ0n) is 9.95. The Kier molecular flexibility index (Phi) is 13.6. The summed E-state index contributed by atoms with van der Waals surface area (Å²) < 4.78 is 0. The maximum absolute atomic E-state index is 9.54. The van der Waals surface area contributed by atoms with E-state index >= 15 is 0 Å². The summed E-state index contributed by atoms with van der Waals surface area (Å²) in [4.78, 5) is 9.54. The molecular weight excluding hydrogens is 190 g/mol. The Labute approximate surface area is 92.1 Å². The number of hydrogen-bond donors (Lipinski definition) is 2. The third-order valence-corrected chi connectivity index (χ3v) is 1.27. The Bertz CT molecular complexity index is 235. The topological polar surface area (TPSA) is 49.3 Å². The van der Waals surface area contributed by atoms with Crippen molar-refractivity contribution < 1.29 is 9.90 Å². The monoisotopic (exact) mass is 211 g/mol. The van der Waals surface area contributed by atoms with Crippen LogP contribution >= 0.6 is 0 Å². The van der Waals surface area contributed by atoms with E-state index in [-0.39, 0.29) is 6.54 Å². The molecule has 86 valence electrons. The van der Waals surface area contributed by atoms with Gasteiger partial charge in [0.15, 0.2) is 0 Å². The summed E-state index contributed by atoms with van der Waals surface area (Å²) in [5, 5.41) is 10.3. The second-order valence-electron chi connectivity index (χ2n) is 2.58. The van der Waals surface area contributed by atoms with Gasteiger partial charge < -0.3 is 10.4 Å². The molecule has 0 aliphatic carbocycles. The molecule has 0 atom stereocenters. The predicted octanol–water partition coefficient (Wildman–Crippen LogP) is 2.31. The van der Waals surface area contributed by atoms with Crippen LogP contribution in [0.3, 0.4) is 0 Å². The third-order valence-electron chi connectivity index (χ3n) is 1.27. The minimum atomic E-state index is -0.822. The Morgan fingerprint density at radius 2 is 1.73 bits per heavy atom. The van der Waals surface area contributed by atoms with Crippen molar-refractivity contribution in [2.75, 3.05) is 13.6 Å². The predicted molar refractivity (Wildman–Crippen MR) is 64.1 cm³/mol. The molecule has 0 unspecified atom stereocenters. The van der Waals surface area contributed by atoms with Crippen LogP contribution in [0, 0.1) is 6.92 Å². The average molecular weight is 211 g/mol. The lowest BCUT2D eigenvalue weighted by Gasteiger charge is -1.84. The number of carboxylic acids is 1. The molecule has 1 aromatic rings. The SMILES string of the molecule is CC.CNCC(=O)O.Cc1ccccc1. The van der Waals surface area contributed by atoms with Crippen LogP contribution in [0.2, 0.25) is 0 Å². The van der Waals surface area contributed by atoms with E-state index in [0.717, 1.165) is 0 Å². The molecule has 0 aliphatic rings. The number of likely N-dealkylation sites (N-methyl/N-ethyl adjacent to an activating group) is 1. The zero-order chi connectivity index (χ0) is 12.1. The molecular formula is C12H21NO2. The summed E-state index contributed by atoms with van der Waals surface area (Å²) in [6.45, 7) is 6.12. The van der Waals surface area contributed by atoms with Crippen LogP contribution in [-0.4, -0.2) is 24.7 Å². The van der Waals surface area contributed by atoms with Crippen LogP contribution in [-0.2, 0) is 4.79 Å². The second-order valence-corrected chi connectivity index (χ2v) is 2.58. The largest absolute Gasteiger partial charge is 0.480 e.